The molecular formula is C17H29ClN2O2. The normalized spacial score (nSPS) is 12.3. The van der Waals surface area contributed by atoms with Crippen LogP contribution in [0.2, 0.25) is 0 Å². The van der Waals surface area contributed by atoms with Crippen LogP contribution in [-0.4, -0.2) is 44.1 Å². The van der Waals surface area contributed by atoms with Crippen molar-refractivity contribution in [3.05, 3.63) is 29.8 Å². The van der Waals surface area contributed by atoms with Crippen LogP contribution < -0.4 is 10.1 Å². The van der Waals surface area contributed by atoms with Crippen LogP contribution in [0.25, 0.3) is 0 Å². The summed E-state index contributed by atoms with van der Waals surface area (Å²) in [5.74, 6) is 0.719. The Balaban J connectivity index is 0.00000441. The van der Waals surface area contributed by atoms with Gasteiger partial charge in [-0.15, -0.1) is 12.4 Å². The van der Waals surface area contributed by atoms with Crippen molar-refractivity contribution in [2.75, 3.05) is 27.2 Å². The molecule has 1 rings (SSSR count). The number of benzene rings is 1. The lowest BCUT2D eigenvalue weighted by Gasteiger charge is -2.23. The van der Waals surface area contributed by atoms with Gasteiger partial charge in [-0.1, -0.05) is 32.9 Å². The number of carbonyl (C=O) groups excluding carboxylic acids is 1. The molecule has 0 aliphatic heterocycles. The van der Waals surface area contributed by atoms with Crippen LogP contribution in [0.3, 0.4) is 0 Å². The maximum absolute atomic E-state index is 12.2. The molecule has 1 amide bonds. The molecule has 1 unspecified atom stereocenters. The zero-order valence-corrected chi connectivity index (χ0v) is 15.3. The maximum Gasteiger partial charge on any atom is 0.263 e. The summed E-state index contributed by atoms with van der Waals surface area (Å²) >= 11 is 0. The lowest BCUT2D eigenvalue weighted by Crippen LogP contribution is -2.40. The molecule has 0 fully saturated rings. The number of nitrogens with zero attached hydrogens (tertiary/aromatic N) is 1. The van der Waals surface area contributed by atoms with Crippen LogP contribution in [0.4, 0.5) is 0 Å². The first-order valence-electron chi connectivity index (χ1n) is 7.42. The van der Waals surface area contributed by atoms with Gasteiger partial charge in [0.05, 0.1) is 0 Å². The van der Waals surface area contributed by atoms with E-state index in [1.54, 1.807) is 18.9 Å². The summed E-state index contributed by atoms with van der Waals surface area (Å²) in [5, 5.41) is 3.03. The molecule has 1 atom stereocenters. The highest BCUT2D eigenvalue weighted by molar-refractivity contribution is 5.85. The van der Waals surface area contributed by atoms with E-state index in [0.717, 1.165) is 12.3 Å². The third kappa shape index (κ3) is 6.24. The summed E-state index contributed by atoms with van der Waals surface area (Å²) in [6.45, 7) is 9.75. The van der Waals surface area contributed by atoms with Crippen molar-refractivity contribution < 1.29 is 9.53 Å². The number of likely N-dealkylation sites (N-methyl/N-ethyl adjacent to an activating group) is 2. The molecule has 0 aliphatic carbocycles. The summed E-state index contributed by atoms with van der Waals surface area (Å²) in [6, 6.07) is 7.96. The van der Waals surface area contributed by atoms with Gasteiger partial charge >= 0.3 is 0 Å². The Morgan fingerprint density at radius 3 is 2.27 bits per heavy atom. The number of halogens is 1. The Kier molecular flexibility index (Phi) is 8.49. The van der Waals surface area contributed by atoms with Crippen molar-refractivity contribution in [1.29, 1.82) is 0 Å². The van der Waals surface area contributed by atoms with Crippen molar-refractivity contribution in [2.24, 2.45) is 0 Å². The molecule has 22 heavy (non-hydrogen) atoms. The van der Waals surface area contributed by atoms with Gasteiger partial charge < -0.3 is 15.0 Å². The molecule has 0 bridgehead atoms. The van der Waals surface area contributed by atoms with E-state index >= 15 is 0 Å². The zero-order valence-electron chi connectivity index (χ0n) is 14.5. The Morgan fingerprint density at radius 1 is 1.27 bits per heavy atom. The van der Waals surface area contributed by atoms with E-state index in [-0.39, 0.29) is 23.7 Å². The smallest absolute Gasteiger partial charge is 0.263 e. The summed E-state index contributed by atoms with van der Waals surface area (Å²) in [7, 11) is 3.66. The van der Waals surface area contributed by atoms with Gasteiger partial charge in [0.15, 0.2) is 6.10 Å². The van der Waals surface area contributed by atoms with Crippen molar-refractivity contribution in [1.82, 2.24) is 10.2 Å². The van der Waals surface area contributed by atoms with Gasteiger partial charge in [-0.25, -0.2) is 0 Å². The second kappa shape index (κ2) is 9.01. The lowest BCUT2D eigenvalue weighted by atomic mass is 9.87. The molecule has 0 saturated carbocycles. The molecule has 0 spiro atoms. The average molecular weight is 329 g/mol. The third-order valence-electron chi connectivity index (χ3n) is 3.45. The standard InChI is InChI=1S/C17H28N2O2.ClH/c1-13(16(20)19(6)12-11-18-5)21-15-9-7-14(8-10-15)17(2,3)4;/h7-10,13,18H,11-12H2,1-6H3;1H. The second-order valence-corrected chi connectivity index (χ2v) is 6.40. The van der Waals surface area contributed by atoms with E-state index in [1.807, 2.05) is 19.2 Å². The van der Waals surface area contributed by atoms with Gasteiger partial charge in [0.2, 0.25) is 0 Å². The first-order valence-corrected chi connectivity index (χ1v) is 7.42. The van der Waals surface area contributed by atoms with E-state index in [9.17, 15) is 4.79 Å². The molecule has 0 heterocycles. The quantitative estimate of drug-likeness (QED) is 0.873. The SMILES string of the molecule is CNCCN(C)C(=O)C(C)Oc1ccc(C(C)(C)C)cc1.Cl. The number of hydrogen-bond donors (Lipinski definition) is 1. The predicted octanol–water partition coefficient (Wildman–Crippen LogP) is 2.85. The highest BCUT2D eigenvalue weighted by atomic mass is 35.5. The van der Waals surface area contributed by atoms with Gasteiger partial charge in [0, 0.05) is 20.1 Å². The summed E-state index contributed by atoms with van der Waals surface area (Å²) < 4.78 is 5.73. The lowest BCUT2D eigenvalue weighted by molar-refractivity contribution is -0.136. The molecule has 5 heteroatoms. The molecule has 1 aromatic rings. The maximum atomic E-state index is 12.2. The van der Waals surface area contributed by atoms with Crippen LogP contribution in [0.1, 0.15) is 33.3 Å². The molecule has 0 saturated heterocycles. The largest absolute Gasteiger partial charge is 0.481 e. The monoisotopic (exact) mass is 328 g/mol. The first kappa shape index (κ1) is 20.7. The van der Waals surface area contributed by atoms with Gasteiger partial charge in [-0.2, -0.15) is 0 Å². The van der Waals surface area contributed by atoms with Gasteiger partial charge in [0.25, 0.3) is 5.91 Å². The molecule has 0 radical (unpaired) electrons. The number of carbonyl (C=O) groups is 1. The van der Waals surface area contributed by atoms with Crippen LogP contribution in [0.5, 0.6) is 5.75 Å². The van der Waals surface area contributed by atoms with E-state index < -0.39 is 6.10 Å². The van der Waals surface area contributed by atoms with Crippen molar-refractivity contribution >= 4 is 18.3 Å². The highest BCUT2D eigenvalue weighted by Gasteiger charge is 2.19. The summed E-state index contributed by atoms with van der Waals surface area (Å²) in [4.78, 5) is 13.8. The van der Waals surface area contributed by atoms with Crippen LogP contribution in [0, 0.1) is 0 Å². The minimum absolute atomic E-state index is 0. The molecule has 126 valence electrons. The minimum Gasteiger partial charge on any atom is -0.481 e. The number of amides is 1. The third-order valence-corrected chi connectivity index (χ3v) is 3.45. The van der Waals surface area contributed by atoms with Gasteiger partial charge in [-0.05, 0) is 37.1 Å². The van der Waals surface area contributed by atoms with Crippen molar-refractivity contribution in [3.63, 3.8) is 0 Å². The molecular weight excluding hydrogens is 300 g/mol. The van der Waals surface area contributed by atoms with E-state index in [1.165, 1.54) is 5.56 Å². The number of rotatable bonds is 6. The van der Waals surface area contributed by atoms with Gasteiger partial charge in [-0.3, -0.25) is 4.79 Å². The number of ether oxygens (including phenoxy) is 1. The summed E-state index contributed by atoms with van der Waals surface area (Å²) in [5.41, 5.74) is 1.37. The van der Waals surface area contributed by atoms with Crippen LogP contribution >= 0.6 is 12.4 Å². The average Bonchev–Trinajstić information content (AvgIpc) is 2.43. The molecule has 0 aromatic heterocycles. The van der Waals surface area contributed by atoms with Crippen molar-refractivity contribution in [3.8, 4) is 5.75 Å². The van der Waals surface area contributed by atoms with Crippen LogP contribution in [0.15, 0.2) is 24.3 Å². The molecule has 0 aliphatic rings. The van der Waals surface area contributed by atoms with Gasteiger partial charge in [0.1, 0.15) is 5.75 Å². The fourth-order valence-corrected chi connectivity index (χ4v) is 1.99. The first-order chi connectivity index (χ1) is 9.75. The molecule has 4 nitrogen and oxygen atoms in total. The van der Waals surface area contributed by atoms with E-state index in [2.05, 4.69) is 38.2 Å². The predicted molar refractivity (Wildman–Crippen MR) is 94.0 cm³/mol. The summed E-state index contributed by atoms with van der Waals surface area (Å²) in [6.07, 6.45) is -0.479. The Morgan fingerprint density at radius 2 is 1.82 bits per heavy atom. The van der Waals surface area contributed by atoms with E-state index in [4.69, 9.17) is 4.74 Å². The molecule has 1 N–H and O–H groups in total. The van der Waals surface area contributed by atoms with E-state index in [0.29, 0.717) is 6.54 Å². The highest BCUT2D eigenvalue weighted by Crippen LogP contribution is 2.24. The van der Waals surface area contributed by atoms with Crippen molar-refractivity contribution in [2.45, 2.75) is 39.2 Å². The number of hydrogen-bond acceptors (Lipinski definition) is 3. The minimum atomic E-state index is -0.479. The Labute approximate surface area is 140 Å². The zero-order chi connectivity index (χ0) is 16.0. The fourth-order valence-electron chi connectivity index (χ4n) is 1.99. The fraction of sp³-hybridized carbons (Fsp3) is 0.588. The second-order valence-electron chi connectivity index (χ2n) is 6.40. The Bertz CT molecular complexity index is 455. The topological polar surface area (TPSA) is 41.6 Å². The van der Waals surface area contributed by atoms with Crippen LogP contribution in [-0.2, 0) is 10.2 Å². The Hall–Kier alpha value is -1.26. The number of nitrogens with one attached hydrogen (secondary N) is 1. The molecule has 1 aromatic carbocycles.